The number of hydrogen-bond donors (Lipinski definition) is 0. The Morgan fingerprint density at radius 2 is 1.78 bits per heavy atom. The van der Waals surface area contributed by atoms with Gasteiger partial charge in [0.15, 0.2) is 4.80 Å². The van der Waals surface area contributed by atoms with Crippen molar-refractivity contribution in [1.29, 1.82) is 0 Å². The van der Waals surface area contributed by atoms with Crippen molar-refractivity contribution in [1.82, 2.24) is 4.57 Å². The van der Waals surface area contributed by atoms with Crippen LogP contribution in [-0.2, 0) is 19.7 Å². The first-order chi connectivity index (χ1) is 17.7. The van der Waals surface area contributed by atoms with Crippen molar-refractivity contribution in [3.63, 3.8) is 0 Å². The molecule has 7 nitrogen and oxygen atoms in total. The van der Waals surface area contributed by atoms with E-state index >= 15 is 0 Å². The fraction of sp³-hybridized carbons (Fsp3) is 0.345. The SMILES string of the molecule is COCCOC(=O)C1=C(C)N=c2sc(=Cc3ccc(C(C)(C)C)cc3)c(=O)n2C1c1ccccc1OC. The van der Waals surface area contributed by atoms with Gasteiger partial charge in [-0.3, -0.25) is 9.36 Å². The molecule has 1 unspecified atom stereocenters. The lowest BCUT2D eigenvalue weighted by atomic mass is 9.87. The third-order valence-corrected chi connectivity index (χ3v) is 7.25. The Morgan fingerprint density at radius 1 is 1.08 bits per heavy atom. The van der Waals surface area contributed by atoms with Crippen LogP contribution in [0.3, 0.4) is 0 Å². The smallest absolute Gasteiger partial charge is 0.338 e. The van der Waals surface area contributed by atoms with E-state index < -0.39 is 12.0 Å². The van der Waals surface area contributed by atoms with Gasteiger partial charge in [-0.2, -0.15) is 0 Å². The summed E-state index contributed by atoms with van der Waals surface area (Å²) in [5.41, 5.74) is 3.43. The largest absolute Gasteiger partial charge is 0.496 e. The van der Waals surface area contributed by atoms with Gasteiger partial charge in [-0.1, -0.05) is 74.6 Å². The number of para-hydroxylation sites is 1. The zero-order valence-electron chi connectivity index (χ0n) is 22.0. The third-order valence-electron chi connectivity index (χ3n) is 6.27. The molecule has 3 aromatic rings. The summed E-state index contributed by atoms with van der Waals surface area (Å²) in [5.74, 6) is 0.0259. The summed E-state index contributed by atoms with van der Waals surface area (Å²) in [6, 6.07) is 14.8. The van der Waals surface area contributed by atoms with Crippen molar-refractivity contribution in [3.05, 3.63) is 96.2 Å². The van der Waals surface area contributed by atoms with Crippen LogP contribution in [0.2, 0.25) is 0 Å². The summed E-state index contributed by atoms with van der Waals surface area (Å²) in [6.07, 6.45) is 1.87. The summed E-state index contributed by atoms with van der Waals surface area (Å²) in [5, 5.41) is 0. The predicted molar refractivity (Wildman–Crippen MR) is 145 cm³/mol. The highest BCUT2D eigenvalue weighted by Gasteiger charge is 2.35. The second kappa shape index (κ2) is 10.9. The molecule has 37 heavy (non-hydrogen) atoms. The number of hydrogen-bond acceptors (Lipinski definition) is 7. The minimum Gasteiger partial charge on any atom is -0.496 e. The Kier molecular flexibility index (Phi) is 7.80. The summed E-state index contributed by atoms with van der Waals surface area (Å²) in [4.78, 5) is 32.2. The monoisotopic (exact) mass is 520 g/mol. The topological polar surface area (TPSA) is 79.1 Å². The van der Waals surface area contributed by atoms with Crippen LogP contribution in [0.5, 0.6) is 5.75 Å². The number of nitrogens with zero attached hydrogens (tertiary/aromatic N) is 2. The number of carbonyl (C=O) groups excluding carboxylic acids is 1. The molecular weight excluding hydrogens is 488 g/mol. The molecule has 0 amide bonds. The van der Waals surface area contributed by atoms with E-state index in [-0.39, 0.29) is 24.2 Å². The lowest BCUT2D eigenvalue weighted by Gasteiger charge is -2.26. The average molecular weight is 521 g/mol. The Morgan fingerprint density at radius 3 is 2.43 bits per heavy atom. The van der Waals surface area contributed by atoms with E-state index in [9.17, 15) is 9.59 Å². The first kappa shape index (κ1) is 26.6. The van der Waals surface area contributed by atoms with Crippen LogP contribution >= 0.6 is 11.3 Å². The Hall–Kier alpha value is -3.49. The number of benzene rings is 2. The maximum Gasteiger partial charge on any atom is 0.338 e. The molecule has 1 aliphatic heterocycles. The first-order valence-corrected chi connectivity index (χ1v) is 12.9. The van der Waals surface area contributed by atoms with E-state index in [0.29, 0.717) is 31.9 Å². The molecule has 0 spiro atoms. The molecule has 0 saturated heterocycles. The lowest BCUT2D eigenvalue weighted by molar-refractivity contribution is -0.140. The molecule has 1 aliphatic rings. The Bertz CT molecular complexity index is 1510. The van der Waals surface area contributed by atoms with Gasteiger partial charge in [-0.15, -0.1) is 0 Å². The van der Waals surface area contributed by atoms with Crippen LogP contribution in [0.4, 0.5) is 0 Å². The van der Waals surface area contributed by atoms with Crippen molar-refractivity contribution in [2.45, 2.75) is 39.2 Å². The van der Waals surface area contributed by atoms with Crippen LogP contribution in [0.15, 0.2) is 69.6 Å². The molecule has 4 rings (SSSR count). The van der Waals surface area contributed by atoms with Gasteiger partial charge in [0, 0.05) is 12.7 Å². The number of ether oxygens (including phenoxy) is 3. The van der Waals surface area contributed by atoms with Crippen molar-refractivity contribution < 1.29 is 19.0 Å². The first-order valence-electron chi connectivity index (χ1n) is 12.1. The second-order valence-corrected chi connectivity index (χ2v) is 10.8. The maximum absolute atomic E-state index is 13.8. The van der Waals surface area contributed by atoms with E-state index in [1.165, 1.54) is 24.0 Å². The second-order valence-electron chi connectivity index (χ2n) is 9.82. The van der Waals surface area contributed by atoms with Crippen molar-refractivity contribution in [2.24, 2.45) is 4.99 Å². The van der Waals surface area contributed by atoms with Gasteiger partial charge in [-0.05, 0) is 35.6 Å². The summed E-state index contributed by atoms with van der Waals surface area (Å²) in [6.45, 7) is 8.62. The summed E-state index contributed by atoms with van der Waals surface area (Å²) < 4.78 is 18.2. The molecule has 0 radical (unpaired) electrons. The molecule has 1 aromatic heterocycles. The highest BCUT2D eigenvalue weighted by atomic mass is 32.1. The average Bonchev–Trinajstić information content (AvgIpc) is 3.17. The van der Waals surface area contributed by atoms with Gasteiger partial charge < -0.3 is 14.2 Å². The van der Waals surface area contributed by atoms with Gasteiger partial charge in [-0.25, -0.2) is 9.79 Å². The van der Waals surface area contributed by atoms with E-state index in [0.717, 1.165) is 5.56 Å². The highest BCUT2D eigenvalue weighted by molar-refractivity contribution is 7.07. The molecule has 0 saturated carbocycles. The molecule has 0 fully saturated rings. The lowest BCUT2D eigenvalue weighted by Crippen LogP contribution is -2.40. The molecule has 2 aromatic carbocycles. The zero-order chi connectivity index (χ0) is 26.7. The Labute approximate surface area is 220 Å². The van der Waals surface area contributed by atoms with Crippen LogP contribution in [0, 0.1) is 0 Å². The van der Waals surface area contributed by atoms with Gasteiger partial charge >= 0.3 is 5.97 Å². The van der Waals surface area contributed by atoms with E-state index in [4.69, 9.17) is 14.2 Å². The van der Waals surface area contributed by atoms with E-state index in [1.54, 1.807) is 18.6 Å². The van der Waals surface area contributed by atoms with E-state index in [2.05, 4.69) is 37.9 Å². The summed E-state index contributed by atoms with van der Waals surface area (Å²) in [7, 11) is 3.11. The number of allylic oxidation sites excluding steroid dienone is 1. The van der Waals surface area contributed by atoms with Gasteiger partial charge in [0.25, 0.3) is 5.56 Å². The van der Waals surface area contributed by atoms with Crippen LogP contribution in [0.25, 0.3) is 6.08 Å². The van der Waals surface area contributed by atoms with Crippen LogP contribution in [0.1, 0.15) is 50.4 Å². The minimum atomic E-state index is -0.743. The molecular formula is C29H32N2O5S. The number of methoxy groups -OCH3 is 2. The normalized spacial score (nSPS) is 15.8. The number of thiazole rings is 1. The van der Waals surface area contributed by atoms with Gasteiger partial charge in [0.05, 0.1) is 29.5 Å². The fourth-order valence-electron chi connectivity index (χ4n) is 4.30. The number of aromatic nitrogens is 1. The van der Waals surface area contributed by atoms with E-state index in [1.807, 2.05) is 42.5 Å². The molecule has 2 heterocycles. The maximum atomic E-state index is 13.8. The van der Waals surface area contributed by atoms with Crippen LogP contribution < -0.4 is 19.6 Å². The zero-order valence-corrected chi connectivity index (χ0v) is 22.8. The van der Waals surface area contributed by atoms with Crippen LogP contribution in [-0.4, -0.2) is 38.0 Å². The number of fused-ring (bicyclic) bond motifs is 1. The number of carbonyl (C=O) groups is 1. The predicted octanol–water partition coefficient (Wildman–Crippen LogP) is 3.73. The third kappa shape index (κ3) is 5.45. The van der Waals surface area contributed by atoms with Crippen molar-refractivity contribution in [2.75, 3.05) is 27.4 Å². The molecule has 8 heteroatoms. The Balaban J connectivity index is 1.87. The molecule has 0 aliphatic carbocycles. The molecule has 1 atom stereocenters. The van der Waals surface area contributed by atoms with Gasteiger partial charge in [0.2, 0.25) is 0 Å². The molecule has 194 valence electrons. The minimum absolute atomic E-state index is 0.0401. The quantitative estimate of drug-likeness (QED) is 0.350. The highest BCUT2D eigenvalue weighted by Crippen LogP contribution is 2.35. The molecule has 0 N–H and O–H groups in total. The number of esters is 1. The van der Waals surface area contributed by atoms with Crippen molar-refractivity contribution >= 4 is 23.4 Å². The summed E-state index contributed by atoms with van der Waals surface area (Å²) >= 11 is 1.30. The van der Waals surface area contributed by atoms with Crippen molar-refractivity contribution in [3.8, 4) is 5.75 Å². The molecule has 0 bridgehead atoms. The standard InChI is InChI=1S/C29H32N2O5S/c1-18-24(27(33)36-16-15-34-5)25(21-9-7-8-10-22(21)35-6)31-26(32)23(37-28(31)30-18)17-19-11-13-20(14-12-19)29(2,3)4/h7-14,17,25H,15-16H2,1-6H3. The number of rotatable bonds is 7. The fourth-order valence-corrected chi connectivity index (χ4v) is 5.34. The van der Waals surface area contributed by atoms with Gasteiger partial charge in [0.1, 0.15) is 18.4 Å².